The zero-order valence-corrected chi connectivity index (χ0v) is 7.79. The van der Waals surface area contributed by atoms with Gasteiger partial charge in [0.05, 0.1) is 5.69 Å². The second kappa shape index (κ2) is 4.48. The fourth-order valence-corrected chi connectivity index (χ4v) is 1.05. The monoisotopic (exact) mass is 176 g/mol. The van der Waals surface area contributed by atoms with E-state index in [9.17, 15) is 0 Å². The summed E-state index contributed by atoms with van der Waals surface area (Å²) >= 11 is 0. The SMILES string of the molecule is C#CCONc1cc(C)nc(C)c1. The Morgan fingerprint density at radius 1 is 1.46 bits per heavy atom. The van der Waals surface area contributed by atoms with Crippen LogP contribution < -0.4 is 5.48 Å². The van der Waals surface area contributed by atoms with Crippen molar-refractivity contribution in [2.24, 2.45) is 0 Å². The first-order valence-electron chi connectivity index (χ1n) is 3.99. The number of hydrogen-bond acceptors (Lipinski definition) is 3. The molecule has 0 bridgehead atoms. The van der Waals surface area contributed by atoms with Crippen LogP contribution in [0.25, 0.3) is 0 Å². The number of aryl methyl sites for hydroxylation is 2. The molecule has 1 aromatic heterocycles. The molecule has 0 saturated carbocycles. The standard InChI is InChI=1S/C10H12N2O/c1-4-5-13-12-10-6-8(2)11-9(3)7-10/h1,6-7H,5H2,2-3H3,(H,11,12). The maximum absolute atomic E-state index is 5.03. The van der Waals surface area contributed by atoms with E-state index >= 15 is 0 Å². The van der Waals surface area contributed by atoms with Crippen LogP contribution in [-0.4, -0.2) is 11.6 Å². The Hall–Kier alpha value is -1.53. The van der Waals surface area contributed by atoms with Gasteiger partial charge >= 0.3 is 0 Å². The Labute approximate surface area is 78.1 Å². The molecule has 0 aliphatic rings. The van der Waals surface area contributed by atoms with Gasteiger partial charge in [-0.3, -0.25) is 15.3 Å². The first-order valence-corrected chi connectivity index (χ1v) is 3.99. The van der Waals surface area contributed by atoms with Crippen molar-refractivity contribution in [1.29, 1.82) is 0 Å². The third kappa shape index (κ3) is 3.14. The zero-order valence-electron chi connectivity index (χ0n) is 7.79. The average molecular weight is 176 g/mol. The molecule has 0 spiro atoms. The minimum absolute atomic E-state index is 0.250. The minimum Gasteiger partial charge on any atom is -0.266 e. The summed E-state index contributed by atoms with van der Waals surface area (Å²) in [5, 5.41) is 0. The summed E-state index contributed by atoms with van der Waals surface area (Å²) in [5.41, 5.74) is 5.52. The van der Waals surface area contributed by atoms with Crippen molar-refractivity contribution in [3.05, 3.63) is 23.5 Å². The summed E-state index contributed by atoms with van der Waals surface area (Å²) < 4.78 is 0. The van der Waals surface area contributed by atoms with Gasteiger partial charge in [0.1, 0.15) is 6.61 Å². The van der Waals surface area contributed by atoms with Crippen molar-refractivity contribution >= 4 is 5.69 Å². The van der Waals surface area contributed by atoms with Gasteiger partial charge in [0, 0.05) is 11.4 Å². The van der Waals surface area contributed by atoms with Crippen LogP contribution in [0.2, 0.25) is 0 Å². The van der Waals surface area contributed by atoms with E-state index in [2.05, 4.69) is 16.4 Å². The third-order valence-corrected chi connectivity index (χ3v) is 1.43. The average Bonchev–Trinajstić information content (AvgIpc) is 2.03. The van der Waals surface area contributed by atoms with Gasteiger partial charge in [-0.1, -0.05) is 5.92 Å². The van der Waals surface area contributed by atoms with Gasteiger partial charge in [0.25, 0.3) is 0 Å². The van der Waals surface area contributed by atoms with E-state index in [0.717, 1.165) is 17.1 Å². The highest BCUT2D eigenvalue weighted by atomic mass is 16.6. The van der Waals surface area contributed by atoms with Crippen molar-refractivity contribution in [1.82, 2.24) is 4.98 Å². The summed E-state index contributed by atoms with van der Waals surface area (Å²) in [4.78, 5) is 9.19. The molecule has 0 aromatic carbocycles. The number of pyridine rings is 1. The number of terminal acetylenes is 1. The Morgan fingerprint density at radius 3 is 2.62 bits per heavy atom. The lowest BCUT2D eigenvalue weighted by Crippen LogP contribution is -2.02. The Kier molecular flexibility index (Phi) is 3.30. The molecule has 0 fully saturated rings. The number of hydrogen-bond donors (Lipinski definition) is 1. The highest BCUT2D eigenvalue weighted by Gasteiger charge is 1.95. The topological polar surface area (TPSA) is 34.1 Å². The summed E-state index contributed by atoms with van der Waals surface area (Å²) in [7, 11) is 0. The molecule has 0 aliphatic carbocycles. The molecular formula is C10H12N2O. The van der Waals surface area contributed by atoms with E-state index in [1.165, 1.54) is 0 Å². The molecular weight excluding hydrogens is 164 g/mol. The van der Waals surface area contributed by atoms with E-state index in [4.69, 9.17) is 11.3 Å². The van der Waals surface area contributed by atoms with Gasteiger partial charge in [-0.15, -0.1) is 6.42 Å². The lowest BCUT2D eigenvalue weighted by Gasteiger charge is -2.05. The molecule has 0 amide bonds. The number of aromatic nitrogens is 1. The van der Waals surface area contributed by atoms with Gasteiger partial charge in [-0.05, 0) is 26.0 Å². The Bertz CT molecular complexity index is 308. The number of nitrogens with one attached hydrogen (secondary N) is 1. The molecule has 0 saturated heterocycles. The molecule has 68 valence electrons. The highest BCUT2D eigenvalue weighted by Crippen LogP contribution is 2.09. The predicted molar refractivity (Wildman–Crippen MR) is 52.1 cm³/mol. The molecule has 0 radical (unpaired) electrons. The van der Waals surface area contributed by atoms with Crippen LogP contribution >= 0.6 is 0 Å². The second-order valence-electron chi connectivity index (χ2n) is 2.73. The molecule has 1 N–H and O–H groups in total. The predicted octanol–water partition coefficient (Wildman–Crippen LogP) is 1.68. The van der Waals surface area contributed by atoms with Crippen LogP contribution in [0.5, 0.6) is 0 Å². The van der Waals surface area contributed by atoms with E-state index in [-0.39, 0.29) is 6.61 Å². The van der Waals surface area contributed by atoms with Crippen molar-refractivity contribution in [2.45, 2.75) is 13.8 Å². The molecule has 1 aromatic rings. The number of rotatable bonds is 3. The quantitative estimate of drug-likeness (QED) is 0.432. The zero-order chi connectivity index (χ0) is 9.68. The van der Waals surface area contributed by atoms with E-state index < -0.39 is 0 Å². The minimum atomic E-state index is 0.250. The van der Waals surface area contributed by atoms with Crippen LogP contribution in [0, 0.1) is 26.2 Å². The van der Waals surface area contributed by atoms with Gasteiger partial charge < -0.3 is 0 Å². The van der Waals surface area contributed by atoms with Crippen LogP contribution in [0.15, 0.2) is 12.1 Å². The Morgan fingerprint density at radius 2 is 2.08 bits per heavy atom. The first-order chi connectivity index (χ1) is 6.22. The van der Waals surface area contributed by atoms with Gasteiger partial charge in [0.15, 0.2) is 0 Å². The fraction of sp³-hybridized carbons (Fsp3) is 0.300. The molecule has 1 rings (SSSR count). The first kappa shape index (κ1) is 9.56. The van der Waals surface area contributed by atoms with Gasteiger partial charge in [0.2, 0.25) is 0 Å². The highest BCUT2D eigenvalue weighted by molar-refractivity contribution is 5.43. The number of anilines is 1. The van der Waals surface area contributed by atoms with Crippen molar-refractivity contribution < 1.29 is 4.84 Å². The number of nitrogens with zero attached hydrogens (tertiary/aromatic N) is 1. The van der Waals surface area contributed by atoms with E-state index in [0.29, 0.717) is 0 Å². The Balaban J connectivity index is 2.62. The maximum Gasteiger partial charge on any atom is 0.135 e. The van der Waals surface area contributed by atoms with E-state index in [1.54, 1.807) is 0 Å². The largest absolute Gasteiger partial charge is 0.266 e. The molecule has 13 heavy (non-hydrogen) atoms. The van der Waals surface area contributed by atoms with Gasteiger partial charge in [-0.2, -0.15) is 0 Å². The van der Waals surface area contributed by atoms with E-state index in [1.807, 2.05) is 26.0 Å². The van der Waals surface area contributed by atoms with Crippen molar-refractivity contribution in [2.75, 3.05) is 12.1 Å². The maximum atomic E-state index is 5.03. The van der Waals surface area contributed by atoms with Crippen molar-refractivity contribution in [3.8, 4) is 12.3 Å². The van der Waals surface area contributed by atoms with Crippen LogP contribution in [-0.2, 0) is 4.84 Å². The van der Waals surface area contributed by atoms with Crippen LogP contribution in [0.4, 0.5) is 5.69 Å². The van der Waals surface area contributed by atoms with Crippen LogP contribution in [0.1, 0.15) is 11.4 Å². The molecule has 1 heterocycles. The summed E-state index contributed by atoms with van der Waals surface area (Å²) in [6.45, 7) is 4.11. The molecule has 0 unspecified atom stereocenters. The third-order valence-electron chi connectivity index (χ3n) is 1.43. The smallest absolute Gasteiger partial charge is 0.135 e. The molecule has 0 aliphatic heterocycles. The molecule has 0 atom stereocenters. The van der Waals surface area contributed by atoms with Crippen LogP contribution in [0.3, 0.4) is 0 Å². The molecule has 3 nitrogen and oxygen atoms in total. The van der Waals surface area contributed by atoms with Gasteiger partial charge in [-0.25, -0.2) is 0 Å². The summed E-state index contributed by atoms with van der Waals surface area (Å²) in [6, 6.07) is 3.78. The normalized spacial score (nSPS) is 9.31. The van der Waals surface area contributed by atoms with Crippen molar-refractivity contribution in [3.63, 3.8) is 0 Å². The second-order valence-corrected chi connectivity index (χ2v) is 2.73. The fourth-order valence-electron chi connectivity index (χ4n) is 1.05. The lowest BCUT2D eigenvalue weighted by molar-refractivity contribution is 0.234. The molecule has 3 heteroatoms. The summed E-state index contributed by atoms with van der Waals surface area (Å²) in [5.74, 6) is 2.37. The summed E-state index contributed by atoms with van der Waals surface area (Å²) in [6.07, 6.45) is 5.03. The lowest BCUT2D eigenvalue weighted by atomic mass is 10.3.